The Bertz CT molecular complexity index is 1010. The lowest BCUT2D eigenvalue weighted by Gasteiger charge is -2.13. The molecule has 0 amide bonds. The normalized spacial score (nSPS) is 10.5. The van der Waals surface area contributed by atoms with Crippen LogP contribution >= 0.6 is 0 Å². The zero-order valence-electron chi connectivity index (χ0n) is 15.5. The third-order valence-corrected chi connectivity index (χ3v) is 4.08. The number of methoxy groups -OCH3 is 3. The molecule has 146 valence electrons. The molecule has 8 heteroatoms. The van der Waals surface area contributed by atoms with E-state index < -0.39 is 12.6 Å². The van der Waals surface area contributed by atoms with Crippen molar-refractivity contribution in [3.05, 3.63) is 47.7 Å². The molecule has 0 unspecified atom stereocenters. The van der Waals surface area contributed by atoms with Crippen LogP contribution in [0.4, 0.5) is 0 Å². The molecule has 1 aromatic heterocycles. The summed E-state index contributed by atoms with van der Waals surface area (Å²) < 4.78 is 26.5. The summed E-state index contributed by atoms with van der Waals surface area (Å²) in [6.45, 7) is -0.487. The summed E-state index contributed by atoms with van der Waals surface area (Å²) in [7, 11) is 4.40. The molecule has 28 heavy (non-hydrogen) atoms. The maximum atomic E-state index is 13.1. The van der Waals surface area contributed by atoms with Crippen LogP contribution in [0.3, 0.4) is 0 Å². The van der Waals surface area contributed by atoms with Gasteiger partial charge in [-0.3, -0.25) is 4.79 Å². The predicted octanol–water partition coefficient (Wildman–Crippen LogP) is 3.15. The number of ether oxygens (including phenoxy) is 4. The first-order valence-corrected chi connectivity index (χ1v) is 8.19. The number of benzene rings is 2. The number of carboxylic acid groups (broad SMARTS) is 1. The smallest absolute Gasteiger partial charge is 0.341 e. The van der Waals surface area contributed by atoms with Crippen LogP contribution in [0.25, 0.3) is 11.0 Å². The fraction of sp³-hybridized carbons (Fsp3) is 0.200. The van der Waals surface area contributed by atoms with Crippen molar-refractivity contribution in [2.24, 2.45) is 0 Å². The molecule has 0 saturated heterocycles. The number of hydrogen-bond acceptors (Lipinski definition) is 7. The number of fused-ring (bicyclic) bond motifs is 1. The van der Waals surface area contributed by atoms with Gasteiger partial charge in [0, 0.05) is 10.9 Å². The molecule has 3 aromatic rings. The van der Waals surface area contributed by atoms with E-state index in [1.54, 1.807) is 30.3 Å². The van der Waals surface area contributed by atoms with Crippen LogP contribution in [-0.4, -0.2) is 44.8 Å². The van der Waals surface area contributed by atoms with Crippen LogP contribution in [0, 0.1) is 0 Å². The van der Waals surface area contributed by atoms with Crippen LogP contribution in [0.5, 0.6) is 23.0 Å². The molecule has 0 aliphatic rings. The molecule has 1 N–H and O–H groups in total. The first kappa shape index (κ1) is 19.1. The number of carbonyl (C=O) groups is 2. The van der Waals surface area contributed by atoms with Crippen LogP contribution in [0.15, 0.2) is 41.0 Å². The van der Waals surface area contributed by atoms with E-state index in [1.165, 1.54) is 27.6 Å². The van der Waals surface area contributed by atoms with E-state index in [4.69, 9.17) is 28.5 Å². The summed E-state index contributed by atoms with van der Waals surface area (Å²) in [5.74, 6) is -0.0282. The summed E-state index contributed by atoms with van der Waals surface area (Å²) >= 11 is 0. The number of ketones is 1. The lowest BCUT2D eigenvalue weighted by molar-refractivity contribution is -0.139. The van der Waals surface area contributed by atoms with Gasteiger partial charge in [-0.1, -0.05) is 0 Å². The third-order valence-electron chi connectivity index (χ3n) is 4.08. The highest BCUT2D eigenvalue weighted by atomic mass is 16.5. The van der Waals surface area contributed by atoms with Gasteiger partial charge in [0.05, 0.1) is 26.9 Å². The monoisotopic (exact) mass is 386 g/mol. The Morgan fingerprint density at radius 3 is 2.25 bits per heavy atom. The van der Waals surface area contributed by atoms with Gasteiger partial charge >= 0.3 is 5.97 Å². The Hall–Kier alpha value is -3.68. The SMILES string of the molecule is COc1cc(C(=O)c2coc3ccc(OCC(=O)O)cc23)cc(OC)c1OC. The van der Waals surface area contributed by atoms with Gasteiger partial charge in [-0.15, -0.1) is 0 Å². The molecule has 0 radical (unpaired) electrons. The van der Waals surface area contributed by atoms with Crippen molar-refractivity contribution in [3.8, 4) is 23.0 Å². The van der Waals surface area contributed by atoms with Gasteiger partial charge in [0.2, 0.25) is 5.75 Å². The maximum absolute atomic E-state index is 13.1. The standard InChI is InChI=1S/C20H18O8/c1-24-16-6-11(7-17(25-2)20(16)26-3)19(23)14-9-28-15-5-4-12(8-13(14)15)27-10-18(21)22/h4-9H,10H2,1-3H3,(H,21,22). The number of rotatable bonds is 8. The van der Waals surface area contributed by atoms with Gasteiger partial charge in [0.25, 0.3) is 0 Å². The Kier molecular flexibility index (Phi) is 5.39. The first-order chi connectivity index (χ1) is 13.5. The summed E-state index contributed by atoms with van der Waals surface area (Å²) in [5.41, 5.74) is 1.08. The Balaban J connectivity index is 2.03. The van der Waals surface area contributed by atoms with Gasteiger partial charge in [-0.05, 0) is 30.3 Å². The van der Waals surface area contributed by atoms with Gasteiger partial charge in [-0.2, -0.15) is 0 Å². The second-order valence-electron chi connectivity index (χ2n) is 5.73. The Labute approximate surface area is 160 Å². The summed E-state index contributed by atoms with van der Waals surface area (Å²) in [4.78, 5) is 23.8. The maximum Gasteiger partial charge on any atom is 0.341 e. The first-order valence-electron chi connectivity index (χ1n) is 8.19. The number of carbonyl (C=O) groups excluding carboxylic acids is 1. The van der Waals surface area contributed by atoms with E-state index >= 15 is 0 Å². The van der Waals surface area contributed by atoms with Crippen molar-refractivity contribution in [1.82, 2.24) is 0 Å². The van der Waals surface area contributed by atoms with E-state index in [-0.39, 0.29) is 5.78 Å². The lowest BCUT2D eigenvalue weighted by atomic mass is 10.0. The third kappa shape index (κ3) is 3.57. The highest BCUT2D eigenvalue weighted by Crippen LogP contribution is 2.39. The van der Waals surface area contributed by atoms with Crippen molar-refractivity contribution in [2.75, 3.05) is 27.9 Å². The largest absolute Gasteiger partial charge is 0.493 e. The molecule has 0 atom stereocenters. The molecule has 0 fully saturated rings. The number of aliphatic carboxylic acids is 1. The molecule has 2 aromatic carbocycles. The van der Waals surface area contributed by atoms with Crippen LogP contribution in [0.1, 0.15) is 15.9 Å². The van der Waals surface area contributed by atoms with Crippen molar-refractivity contribution < 1.29 is 38.1 Å². The molecule has 0 bridgehead atoms. The second-order valence-corrected chi connectivity index (χ2v) is 5.73. The van der Waals surface area contributed by atoms with Crippen LogP contribution < -0.4 is 18.9 Å². The van der Waals surface area contributed by atoms with Gasteiger partial charge in [-0.25, -0.2) is 4.79 Å². The average molecular weight is 386 g/mol. The number of carboxylic acids is 1. The summed E-state index contributed by atoms with van der Waals surface area (Å²) in [5, 5.41) is 9.25. The quantitative estimate of drug-likeness (QED) is 0.589. The van der Waals surface area contributed by atoms with Crippen LogP contribution in [-0.2, 0) is 4.79 Å². The Morgan fingerprint density at radius 1 is 1.00 bits per heavy atom. The minimum Gasteiger partial charge on any atom is -0.493 e. The molecular formula is C20H18O8. The summed E-state index contributed by atoms with van der Waals surface area (Å²) in [6, 6.07) is 7.84. The second kappa shape index (κ2) is 7.91. The molecule has 0 aliphatic heterocycles. The fourth-order valence-corrected chi connectivity index (χ4v) is 2.79. The minimum atomic E-state index is -1.10. The zero-order chi connectivity index (χ0) is 20.3. The van der Waals surface area contributed by atoms with E-state index in [2.05, 4.69) is 0 Å². The van der Waals surface area contributed by atoms with Crippen molar-refractivity contribution in [3.63, 3.8) is 0 Å². The van der Waals surface area contributed by atoms with E-state index in [9.17, 15) is 9.59 Å². The van der Waals surface area contributed by atoms with E-state index in [0.717, 1.165) is 0 Å². The van der Waals surface area contributed by atoms with Crippen molar-refractivity contribution >= 4 is 22.7 Å². The molecular weight excluding hydrogens is 368 g/mol. The highest BCUT2D eigenvalue weighted by molar-refractivity contribution is 6.16. The van der Waals surface area contributed by atoms with E-state index in [1.807, 2.05) is 0 Å². The van der Waals surface area contributed by atoms with Crippen molar-refractivity contribution in [2.45, 2.75) is 0 Å². The average Bonchev–Trinajstić information content (AvgIpc) is 3.13. The van der Waals surface area contributed by atoms with Gasteiger partial charge < -0.3 is 28.5 Å². The number of furan rings is 1. The van der Waals surface area contributed by atoms with E-state index in [0.29, 0.717) is 45.1 Å². The highest BCUT2D eigenvalue weighted by Gasteiger charge is 2.21. The molecule has 0 saturated carbocycles. The Morgan fingerprint density at radius 2 is 1.68 bits per heavy atom. The topological polar surface area (TPSA) is 104 Å². The molecule has 3 rings (SSSR count). The van der Waals surface area contributed by atoms with Crippen LogP contribution in [0.2, 0.25) is 0 Å². The molecule has 0 spiro atoms. The lowest BCUT2D eigenvalue weighted by Crippen LogP contribution is -2.09. The molecule has 8 nitrogen and oxygen atoms in total. The minimum absolute atomic E-state index is 0.296. The zero-order valence-corrected chi connectivity index (χ0v) is 15.5. The molecule has 0 aliphatic carbocycles. The van der Waals surface area contributed by atoms with Crippen molar-refractivity contribution in [1.29, 1.82) is 0 Å². The van der Waals surface area contributed by atoms with Gasteiger partial charge in [0.15, 0.2) is 23.9 Å². The predicted molar refractivity (Wildman–Crippen MR) is 98.9 cm³/mol. The summed E-state index contributed by atoms with van der Waals surface area (Å²) in [6.07, 6.45) is 1.34. The van der Waals surface area contributed by atoms with Gasteiger partial charge in [0.1, 0.15) is 17.6 Å². The fourth-order valence-electron chi connectivity index (χ4n) is 2.79. The molecule has 1 heterocycles. The number of hydrogen-bond donors (Lipinski definition) is 1.